The standard InChI is InChI=1S/2C2H7NO.H2O4S.2HO3P/c2*1-2-3-4;1-5(2,3)4;2*1-4(2)3/h2*3-4H,2H2,1H3;(H2,1,2,3,4);2*(H-,1,2,3)/p+2. The van der Waals surface area contributed by atoms with Gasteiger partial charge in [0.2, 0.25) is 0 Å². The maximum absolute atomic E-state index is 8.74. The van der Waals surface area contributed by atoms with Crippen molar-refractivity contribution in [3.05, 3.63) is 0 Å². The Morgan fingerprint density at radius 1 is 0.810 bits per heavy atom. The summed E-state index contributed by atoms with van der Waals surface area (Å²) in [6, 6.07) is 0. The minimum atomic E-state index is -4.67. The third-order valence-corrected chi connectivity index (χ3v) is 0.316. The van der Waals surface area contributed by atoms with Gasteiger partial charge in [-0.3, -0.25) is 9.11 Å². The van der Waals surface area contributed by atoms with E-state index in [4.69, 9.17) is 56.6 Å². The Balaban J connectivity index is -0.0000000510. The summed E-state index contributed by atoms with van der Waals surface area (Å²) in [5.74, 6) is 0. The van der Waals surface area contributed by atoms with E-state index in [2.05, 4.69) is 0 Å². The zero-order valence-corrected chi connectivity index (χ0v) is 13.5. The summed E-state index contributed by atoms with van der Waals surface area (Å²) in [7, 11) is -10.4. The van der Waals surface area contributed by atoms with Crippen LogP contribution in [0.3, 0.4) is 0 Å². The predicted octanol–water partition coefficient (Wildman–Crippen LogP) is -1.43. The molecule has 0 amide bonds. The van der Waals surface area contributed by atoms with E-state index in [0.29, 0.717) is 13.1 Å². The first kappa shape index (κ1) is 32.6. The largest absolute Gasteiger partial charge is 0.692 e. The average Bonchev–Trinajstić information content (AvgIpc) is 2.25. The molecule has 21 heavy (non-hydrogen) atoms. The van der Waals surface area contributed by atoms with Crippen LogP contribution in [0.1, 0.15) is 13.8 Å². The molecule has 0 unspecified atom stereocenters. The third-order valence-electron chi connectivity index (χ3n) is 0.316. The summed E-state index contributed by atoms with van der Waals surface area (Å²) < 4.78 is 49.0. The van der Waals surface area contributed by atoms with Crippen molar-refractivity contribution in [2.24, 2.45) is 0 Å². The summed E-state index contributed by atoms with van der Waals surface area (Å²) in [4.78, 5) is 28.5. The molecule has 14 nitrogen and oxygen atoms in total. The van der Waals surface area contributed by atoms with Gasteiger partial charge in [0.25, 0.3) is 0 Å². The van der Waals surface area contributed by atoms with Gasteiger partial charge in [0, 0.05) is 22.2 Å². The van der Waals surface area contributed by atoms with Gasteiger partial charge in [0.1, 0.15) is 0 Å². The predicted molar refractivity (Wildman–Crippen MR) is 69.2 cm³/mol. The van der Waals surface area contributed by atoms with Crippen molar-refractivity contribution < 1.29 is 56.6 Å². The molecule has 132 valence electrons. The molecule has 0 saturated carbocycles. The van der Waals surface area contributed by atoms with Crippen molar-refractivity contribution in [2.45, 2.75) is 13.8 Å². The smallest absolute Gasteiger partial charge is 0.317 e. The van der Waals surface area contributed by atoms with Gasteiger partial charge in [-0.15, -0.1) is 19.6 Å². The summed E-state index contributed by atoms with van der Waals surface area (Å²) >= 11 is 0. The fourth-order valence-electron chi connectivity index (χ4n) is 0. The molecular weight excluding hydrogens is 362 g/mol. The molecule has 17 heteroatoms. The number of nitrogens with one attached hydrogen (secondary N) is 2. The molecule has 10 N–H and O–H groups in total. The van der Waals surface area contributed by atoms with Crippen LogP contribution in [0.15, 0.2) is 0 Å². The Morgan fingerprint density at radius 2 is 0.857 bits per heavy atom. The molecular formula is C4H20N2O12P2S+2. The van der Waals surface area contributed by atoms with Gasteiger partial charge in [-0.25, -0.2) is 11.0 Å². The van der Waals surface area contributed by atoms with E-state index in [1.54, 1.807) is 0 Å². The van der Waals surface area contributed by atoms with Crippen LogP contribution in [-0.4, -0.2) is 60.6 Å². The second-order valence-corrected chi connectivity index (χ2v) is 3.88. The monoisotopic (exact) mass is 382 g/mol. The van der Waals surface area contributed by atoms with Gasteiger partial charge in [-0.1, -0.05) is 13.8 Å². The SMILES string of the molecule is CCNO.CCNO.O=S(=O)(O)O.O=[P+](O)O.O=[P+](O)O. The normalized spacial score (nSPS) is 8.10. The van der Waals surface area contributed by atoms with E-state index in [-0.39, 0.29) is 0 Å². The summed E-state index contributed by atoms with van der Waals surface area (Å²) in [6.45, 7) is 4.89. The fourth-order valence-corrected chi connectivity index (χ4v) is 0. The van der Waals surface area contributed by atoms with Crippen LogP contribution >= 0.6 is 16.5 Å². The highest BCUT2D eigenvalue weighted by Gasteiger charge is 1.93. The highest BCUT2D eigenvalue weighted by molar-refractivity contribution is 7.79. The molecule has 0 spiro atoms. The van der Waals surface area contributed by atoms with Crippen LogP contribution in [0.5, 0.6) is 0 Å². The summed E-state index contributed by atoms with van der Waals surface area (Å²) in [5, 5.41) is 15.2. The van der Waals surface area contributed by atoms with E-state index >= 15 is 0 Å². The quantitative estimate of drug-likeness (QED) is 0.149. The minimum absolute atomic E-state index is 0.625. The Kier molecular flexibility index (Phi) is 43.5. The number of hydrogen-bond donors (Lipinski definition) is 10. The van der Waals surface area contributed by atoms with Crippen LogP contribution in [-0.2, 0) is 19.5 Å². The first-order chi connectivity index (χ1) is 9.29. The van der Waals surface area contributed by atoms with Crippen LogP contribution in [0.2, 0.25) is 0 Å². The molecule has 0 aliphatic heterocycles. The lowest BCUT2D eigenvalue weighted by atomic mass is 10.8. The molecule has 0 bridgehead atoms. The lowest BCUT2D eigenvalue weighted by molar-refractivity contribution is 0.173. The van der Waals surface area contributed by atoms with Gasteiger partial charge in [0.15, 0.2) is 0 Å². The van der Waals surface area contributed by atoms with E-state index in [0.717, 1.165) is 0 Å². The molecule has 0 saturated heterocycles. The van der Waals surface area contributed by atoms with Gasteiger partial charge in [0.05, 0.1) is 0 Å². The first-order valence-corrected chi connectivity index (χ1v) is 8.16. The molecule has 0 aliphatic carbocycles. The van der Waals surface area contributed by atoms with E-state index in [9.17, 15) is 0 Å². The second kappa shape index (κ2) is 28.0. The van der Waals surface area contributed by atoms with Crippen molar-refractivity contribution in [2.75, 3.05) is 13.1 Å². The molecule has 0 radical (unpaired) electrons. The van der Waals surface area contributed by atoms with Crippen molar-refractivity contribution in [1.82, 2.24) is 11.0 Å². The van der Waals surface area contributed by atoms with Gasteiger partial charge < -0.3 is 10.4 Å². The van der Waals surface area contributed by atoms with Crippen molar-refractivity contribution in [3.63, 3.8) is 0 Å². The van der Waals surface area contributed by atoms with Crippen molar-refractivity contribution >= 4 is 26.9 Å². The zero-order chi connectivity index (χ0) is 18.5. The third kappa shape index (κ3) is 2030. The maximum atomic E-state index is 8.74. The van der Waals surface area contributed by atoms with Gasteiger partial charge >= 0.3 is 26.9 Å². The molecule has 0 aromatic heterocycles. The number of hydroxylamine groups is 2. The second-order valence-electron chi connectivity index (χ2n) is 1.98. The van der Waals surface area contributed by atoms with Gasteiger partial charge in [-0.2, -0.15) is 8.42 Å². The van der Waals surface area contributed by atoms with Crippen LogP contribution in [0, 0.1) is 0 Å². The molecule has 0 aromatic rings. The van der Waals surface area contributed by atoms with E-state index in [1.165, 1.54) is 0 Å². The highest BCUT2D eigenvalue weighted by Crippen LogP contribution is 1.98. The molecule has 0 aromatic carbocycles. The van der Waals surface area contributed by atoms with Crippen LogP contribution in [0.25, 0.3) is 0 Å². The lowest BCUT2D eigenvalue weighted by Crippen LogP contribution is -2.02. The maximum Gasteiger partial charge on any atom is 0.692 e. The Morgan fingerprint density at radius 3 is 0.857 bits per heavy atom. The summed E-state index contributed by atoms with van der Waals surface area (Å²) in [5.41, 5.74) is 3.86. The van der Waals surface area contributed by atoms with Gasteiger partial charge in [-0.05, 0) is 0 Å². The van der Waals surface area contributed by atoms with Crippen LogP contribution in [0.4, 0.5) is 0 Å². The molecule has 0 fully saturated rings. The molecule has 0 aliphatic rings. The Bertz CT molecular complexity index is 274. The number of hydrogen-bond acceptors (Lipinski definition) is 8. The number of rotatable bonds is 2. The van der Waals surface area contributed by atoms with Crippen LogP contribution < -0.4 is 11.0 Å². The first-order valence-electron chi connectivity index (χ1n) is 4.43. The fraction of sp³-hybridized carbons (Fsp3) is 1.00. The Hall–Kier alpha value is -0.250. The topological polar surface area (TPSA) is 254 Å². The van der Waals surface area contributed by atoms with E-state index < -0.39 is 26.9 Å². The lowest BCUT2D eigenvalue weighted by Gasteiger charge is -1.75. The van der Waals surface area contributed by atoms with Crippen molar-refractivity contribution in [1.29, 1.82) is 0 Å². The zero-order valence-electron chi connectivity index (χ0n) is 10.9. The summed E-state index contributed by atoms with van der Waals surface area (Å²) in [6.07, 6.45) is 0. The molecule has 0 heterocycles. The molecule has 0 atom stereocenters. The Labute approximate surface area is 122 Å². The van der Waals surface area contributed by atoms with E-state index in [1.807, 2.05) is 24.8 Å². The highest BCUT2D eigenvalue weighted by atomic mass is 32.3. The average molecular weight is 382 g/mol. The van der Waals surface area contributed by atoms with Crippen molar-refractivity contribution in [3.8, 4) is 0 Å². The molecule has 0 rings (SSSR count). The minimum Gasteiger partial charge on any atom is -0.317 e.